The van der Waals surface area contributed by atoms with Crippen molar-refractivity contribution in [2.45, 2.75) is 62.9 Å². The summed E-state index contributed by atoms with van der Waals surface area (Å²) in [4.78, 5) is 34.9. The standard InChI is InChI=1S/C32H34N4O3/c1-7-30(3,4)26-20(19-13-9-11-15-22(19)33-26)17-23-28(38)35-25(27(37)34-23)18-32(39)21-14-10-12-16-24(21)36(29(32)35)31(5,6)8-2/h7-17,25,29,33,39H,1-2,18H2,3-6H3,(H,34,37)/b23-17-/t25-,29+,32-/m1/s1. The van der Waals surface area contributed by atoms with E-state index in [4.69, 9.17) is 0 Å². The Bertz CT molecular complexity index is 1600. The quantitative estimate of drug-likeness (QED) is 0.335. The normalized spacial score (nSPS) is 25.5. The number of rotatable bonds is 5. The van der Waals surface area contributed by atoms with Gasteiger partial charge in [-0.1, -0.05) is 62.4 Å². The molecule has 0 bridgehead atoms. The Hall–Kier alpha value is -4.10. The Kier molecular flexibility index (Phi) is 5.30. The van der Waals surface area contributed by atoms with Crippen LogP contribution in [0.1, 0.15) is 50.9 Å². The molecule has 2 saturated heterocycles. The molecule has 2 fully saturated rings. The topological polar surface area (TPSA) is 88.7 Å². The zero-order valence-corrected chi connectivity index (χ0v) is 22.8. The van der Waals surface area contributed by atoms with Crippen molar-refractivity contribution in [2.24, 2.45) is 0 Å². The highest BCUT2D eigenvalue weighted by atomic mass is 16.3. The summed E-state index contributed by atoms with van der Waals surface area (Å²) in [6.45, 7) is 16.1. The maximum Gasteiger partial charge on any atom is 0.272 e. The third kappa shape index (κ3) is 3.39. The van der Waals surface area contributed by atoms with Crippen LogP contribution in [0.2, 0.25) is 0 Å². The summed E-state index contributed by atoms with van der Waals surface area (Å²) < 4.78 is 0. The summed E-state index contributed by atoms with van der Waals surface area (Å²) in [5, 5.41) is 16.0. The lowest BCUT2D eigenvalue weighted by molar-refractivity contribution is -0.142. The number of benzene rings is 2. The van der Waals surface area contributed by atoms with Crippen LogP contribution in [-0.4, -0.2) is 44.6 Å². The molecule has 6 rings (SSSR count). The Balaban J connectivity index is 1.52. The Morgan fingerprint density at radius 2 is 1.72 bits per heavy atom. The lowest BCUT2D eigenvalue weighted by Gasteiger charge is -2.46. The van der Waals surface area contributed by atoms with Gasteiger partial charge in [-0.2, -0.15) is 0 Å². The predicted molar refractivity (Wildman–Crippen MR) is 154 cm³/mol. The Morgan fingerprint density at radius 1 is 1.03 bits per heavy atom. The van der Waals surface area contributed by atoms with Crippen LogP contribution in [0.15, 0.2) is 79.5 Å². The van der Waals surface area contributed by atoms with E-state index in [0.29, 0.717) is 0 Å². The molecule has 1 aromatic heterocycles. The highest BCUT2D eigenvalue weighted by molar-refractivity contribution is 6.09. The van der Waals surface area contributed by atoms with Crippen LogP contribution in [-0.2, 0) is 20.6 Å². The number of allylic oxidation sites excluding steroid dienone is 1. The van der Waals surface area contributed by atoms with Crippen LogP contribution in [0.5, 0.6) is 0 Å². The van der Waals surface area contributed by atoms with E-state index in [1.54, 1.807) is 11.0 Å². The van der Waals surface area contributed by atoms with Gasteiger partial charge in [0.2, 0.25) is 5.91 Å². The number of hydrogen-bond donors (Lipinski definition) is 3. The van der Waals surface area contributed by atoms with Crippen LogP contribution in [0.25, 0.3) is 17.0 Å². The van der Waals surface area contributed by atoms with Gasteiger partial charge in [-0.05, 0) is 32.1 Å². The number of nitrogens with one attached hydrogen (secondary N) is 2. The number of fused-ring (bicyclic) bond motifs is 6. The van der Waals surface area contributed by atoms with E-state index in [9.17, 15) is 14.7 Å². The average Bonchev–Trinajstić information content (AvgIpc) is 3.52. The number of anilines is 1. The largest absolute Gasteiger partial charge is 0.381 e. The fourth-order valence-electron chi connectivity index (χ4n) is 6.44. The minimum Gasteiger partial charge on any atom is -0.381 e. The van der Waals surface area contributed by atoms with Gasteiger partial charge >= 0.3 is 0 Å². The number of carbonyl (C=O) groups excluding carboxylic acids is 2. The number of aromatic nitrogens is 1. The van der Waals surface area contributed by atoms with Gasteiger partial charge in [0.15, 0.2) is 0 Å². The van der Waals surface area contributed by atoms with Crippen molar-refractivity contribution in [3.8, 4) is 0 Å². The molecule has 0 radical (unpaired) electrons. The molecule has 3 aliphatic heterocycles. The second-order valence-electron chi connectivity index (χ2n) is 11.9. The van der Waals surface area contributed by atoms with Gasteiger partial charge in [-0.25, -0.2) is 0 Å². The molecule has 4 heterocycles. The fourth-order valence-corrected chi connectivity index (χ4v) is 6.44. The van der Waals surface area contributed by atoms with Gasteiger partial charge in [0, 0.05) is 45.2 Å². The molecular weight excluding hydrogens is 488 g/mol. The smallest absolute Gasteiger partial charge is 0.272 e. The predicted octanol–water partition coefficient (Wildman–Crippen LogP) is 4.70. The van der Waals surface area contributed by atoms with E-state index in [2.05, 4.69) is 37.3 Å². The molecular formula is C32H34N4O3. The van der Waals surface area contributed by atoms with Crippen molar-refractivity contribution in [1.29, 1.82) is 0 Å². The van der Waals surface area contributed by atoms with E-state index in [-0.39, 0.29) is 23.9 Å². The third-order valence-corrected chi connectivity index (χ3v) is 8.74. The summed E-state index contributed by atoms with van der Waals surface area (Å²) in [6, 6.07) is 14.7. The first kappa shape index (κ1) is 25.2. The monoisotopic (exact) mass is 522 g/mol. The minimum atomic E-state index is -1.40. The Morgan fingerprint density at radius 3 is 2.44 bits per heavy atom. The Labute approximate surface area is 228 Å². The molecule has 7 heteroatoms. The molecule has 0 spiro atoms. The molecule has 3 aliphatic rings. The van der Waals surface area contributed by atoms with Crippen molar-refractivity contribution in [3.05, 3.63) is 96.4 Å². The summed E-state index contributed by atoms with van der Waals surface area (Å²) in [5.41, 5.74) is 1.97. The molecule has 0 unspecified atom stereocenters. The van der Waals surface area contributed by atoms with Gasteiger partial charge < -0.3 is 25.2 Å². The zero-order valence-electron chi connectivity index (χ0n) is 22.8. The molecule has 7 nitrogen and oxygen atoms in total. The van der Waals surface area contributed by atoms with E-state index in [1.807, 2.05) is 79.4 Å². The summed E-state index contributed by atoms with van der Waals surface area (Å²) in [5.74, 6) is -0.632. The molecule has 3 atom stereocenters. The van der Waals surface area contributed by atoms with Crippen LogP contribution in [0.4, 0.5) is 5.69 Å². The number of hydrogen-bond acceptors (Lipinski definition) is 4. The van der Waals surface area contributed by atoms with Crippen LogP contribution in [0.3, 0.4) is 0 Å². The maximum absolute atomic E-state index is 14.3. The highest BCUT2D eigenvalue weighted by Crippen LogP contribution is 2.55. The van der Waals surface area contributed by atoms with Gasteiger partial charge in [0.1, 0.15) is 23.5 Å². The van der Waals surface area contributed by atoms with Crippen LogP contribution >= 0.6 is 0 Å². The number of aromatic amines is 1. The lowest BCUT2D eigenvalue weighted by Crippen LogP contribution is -2.63. The van der Waals surface area contributed by atoms with E-state index >= 15 is 0 Å². The van der Waals surface area contributed by atoms with Gasteiger partial charge in [0.05, 0.1) is 5.54 Å². The molecule has 3 aromatic rings. The first-order chi connectivity index (χ1) is 18.4. The van der Waals surface area contributed by atoms with Crippen molar-refractivity contribution in [1.82, 2.24) is 15.2 Å². The molecule has 2 amide bonds. The first-order valence-corrected chi connectivity index (χ1v) is 13.3. The lowest BCUT2D eigenvalue weighted by atomic mass is 9.86. The number of carbonyl (C=O) groups is 2. The second kappa shape index (κ2) is 8.20. The van der Waals surface area contributed by atoms with Crippen molar-refractivity contribution >= 4 is 34.5 Å². The van der Waals surface area contributed by atoms with Gasteiger partial charge in [-0.3, -0.25) is 9.59 Å². The van der Waals surface area contributed by atoms with Crippen molar-refractivity contribution < 1.29 is 14.7 Å². The number of amides is 2. The molecule has 2 aromatic carbocycles. The summed E-state index contributed by atoms with van der Waals surface area (Å²) in [6.07, 6.45) is 4.79. The SMILES string of the molecule is C=CC(C)(C)c1[nH]c2ccccc2c1/C=C1\NC(=O)[C@H]2C[C@@]3(O)c4ccccc4N(C(C)(C)C=C)[C@@H]3N2C1=O. The number of piperazine rings is 1. The molecule has 39 heavy (non-hydrogen) atoms. The molecule has 200 valence electrons. The number of nitrogens with zero attached hydrogens (tertiary/aromatic N) is 2. The maximum atomic E-state index is 14.3. The fraction of sp³-hybridized carbons (Fsp3) is 0.312. The van der Waals surface area contributed by atoms with E-state index < -0.39 is 28.8 Å². The summed E-state index contributed by atoms with van der Waals surface area (Å²) >= 11 is 0. The molecule has 0 saturated carbocycles. The van der Waals surface area contributed by atoms with Gasteiger partial charge in [-0.15, -0.1) is 13.2 Å². The number of H-pyrrole nitrogens is 1. The minimum absolute atomic E-state index is 0.116. The van der Waals surface area contributed by atoms with E-state index in [0.717, 1.165) is 33.4 Å². The summed E-state index contributed by atoms with van der Waals surface area (Å²) in [7, 11) is 0. The van der Waals surface area contributed by atoms with E-state index in [1.165, 1.54) is 0 Å². The van der Waals surface area contributed by atoms with Crippen LogP contribution < -0.4 is 10.2 Å². The second-order valence-corrected chi connectivity index (χ2v) is 11.9. The number of aliphatic hydroxyl groups is 1. The third-order valence-electron chi connectivity index (χ3n) is 8.74. The highest BCUT2D eigenvalue weighted by Gasteiger charge is 2.66. The van der Waals surface area contributed by atoms with Crippen molar-refractivity contribution in [2.75, 3.05) is 4.90 Å². The molecule has 3 N–H and O–H groups in total. The first-order valence-electron chi connectivity index (χ1n) is 13.3. The number of para-hydroxylation sites is 2. The van der Waals surface area contributed by atoms with Crippen molar-refractivity contribution in [3.63, 3.8) is 0 Å². The van der Waals surface area contributed by atoms with Gasteiger partial charge in [0.25, 0.3) is 5.91 Å². The average molecular weight is 523 g/mol. The molecule has 0 aliphatic carbocycles. The zero-order chi connectivity index (χ0) is 27.9. The van der Waals surface area contributed by atoms with Crippen LogP contribution in [0, 0.1) is 0 Å².